The van der Waals surface area contributed by atoms with Crippen molar-refractivity contribution in [3.63, 3.8) is 0 Å². The maximum absolute atomic E-state index is 10.9. The summed E-state index contributed by atoms with van der Waals surface area (Å²) in [7, 11) is 0. The summed E-state index contributed by atoms with van der Waals surface area (Å²) in [6, 6.07) is 1.95. The molecular formula is C10H13NO2. The van der Waals surface area contributed by atoms with Crippen molar-refractivity contribution in [1.29, 1.82) is 0 Å². The normalized spacial score (nSPS) is 10.6. The van der Waals surface area contributed by atoms with Gasteiger partial charge < -0.3 is 9.72 Å². The number of carbonyl (C=O) groups is 1. The number of hydrogen-bond acceptors (Lipinski definition) is 2. The Hall–Kier alpha value is -1.51. The molecule has 1 rings (SSSR count). The Balaban J connectivity index is 2.53. The number of hydrogen-bond donors (Lipinski definition) is 1. The molecule has 0 amide bonds. The van der Waals surface area contributed by atoms with Crippen LogP contribution < -0.4 is 0 Å². The summed E-state index contributed by atoms with van der Waals surface area (Å²) in [5.74, 6) is -0.310. The average molecular weight is 179 g/mol. The Morgan fingerprint density at radius 1 is 1.69 bits per heavy atom. The van der Waals surface area contributed by atoms with E-state index in [9.17, 15) is 4.79 Å². The van der Waals surface area contributed by atoms with Crippen LogP contribution in [-0.4, -0.2) is 17.6 Å². The van der Waals surface area contributed by atoms with Gasteiger partial charge in [0.25, 0.3) is 0 Å². The van der Waals surface area contributed by atoms with Crippen LogP contribution in [0.2, 0.25) is 0 Å². The highest BCUT2D eigenvalue weighted by Crippen LogP contribution is 2.03. The highest BCUT2D eigenvalue weighted by molar-refractivity contribution is 5.86. The van der Waals surface area contributed by atoms with Crippen LogP contribution >= 0.6 is 0 Å². The van der Waals surface area contributed by atoms with E-state index in [0.29, 0.717) is 6.61 Å². The molecule has 3 nitrogen and oxygen atoms in total. The molecule has 0 aliphatic rings. The SMILES string of the molecule is CCOC(=O)/C=C/c1cc(C)c[nH]1. The molecule has 0 bridgehead atoms. The van der Waals surface area contributed by atoms with Crippen LogP contribution in [0.1, 0.15) is 18.2 Å². The van der Waals surface area contributed by atoms with Crippen molar-refractivity contribution in [2.45, 2.75) is 13.8 Å². The summed E-state index contributed by atoms with van der Waals surface area (Å²) in [6.45, 7) is 4.18. The Labute approximate surface area is 77.4 Å². The third kappa shape index (κ3) is 3.15. The van der Waals surface area contributed by atoms with Gasteiger partial charge in [0.1, 0.15) is 0 Å². The lowest BCUT2D eigenvalue weighted by Gasteiger charge is -1.93. The van der Waals surface area contributed by atoms with Crippen LogP contribution in [0, 0.1) is 6.92 Å². The molecule has 1 aromatic heterocycles. The van der Waals surface area contributed by atoms with Crippen LogP contribution in [0.4, 0.5) is 0 Å². The van der Waals surface area contributed by atoms with E-state index in [4.69, 9.17) is 4.74 Å². The number of rotatable bonds is 3. The number of aromatic amines is 1. The van der Waals surface area contributed by atoms with Gasteiger partial charge in [-0.25, -0.2) is 4.79 Å². The summed E-state index contributed by atoms with van der Waals surface area (Å²) in [6.07, 6.45) is 4.99. The second-order valence-corrected chi connectivity index (χ2v) is 2.72. The predicted molar refractivity (Wildman–Crippen MR) is 51.2 cm³/mol. The lowest BCUT2D eigenvalue weighted by atomic mass is 10.3. The molecule has 1 heterocycles. The molecule has 0 spiro atoms. The van der Waals surface area contributed by atoms with E-state index in [1.165, 1.54) is 6.08 Å². The molecule has 0 saturated heterocycles. The lowest BCUT2D eigenvalue weighted by molar-refractivity contribution is -0.137. The smallest absolute Gasteiger partial charge is 0.330 e. The van der Waals surface area contributed by atoms with E-state index in [-0.39, 0.29) is 5.97 Å². The van der Waals surface area contributed by atoms with Crippen LogP contribution in [0.3, 0.4) is 0 Å². The van der Waals surface area contributed by atoms with Gasteiger partial charge in [-0.3, -0.25) is 0 Å². The summed E-state index contributed by atoms with van der Waals surface area (Å²) in [5.41, 5.74) is 2.05. The zero-order chi connectivity index (χ0) is 9.68. The van der Waals surface area contributed by atoms with Crippen LogP contribution in [0.5, 0.6) is 0 Å². The number of aromatic nitrogens is 1. The van der Waals surface area contributed by atoms with Crippen molar-refractivity contribution in [3.05, 3.63) is 29.6 Å². The maximum Gasteiger partial charge on any atom is 0.330 e. The molecule has 70 valence electrons. The Kier molecular flexibility index (Phi) is 3.31. The van der Waals surface area contributed by atoms with Crippen LogP contribution in [0.25, 0.3) is 6.08 Å². The zero-order valence-corrected chi connectivity index (χ0v) is 7.83. The van der Waals surface area contributed by atoms with E-state index >= 15 is 0 Å². The van der Waals surface area contributed by atoms with Gasteiger partial charge in [0.15, 0.2) is 0 Å². The van der Waals surface area contributed by atoms with Gasteiger partial charge in [-0.15, -0.1) is 0 Å². The fourth-order valence-corrected chi connectivity index (χ4v) is 0.970. The molecule has 3 heteroatoms. The highest BCUT2D eigenvalue weighted by atomic mass is 16.5. The van der Waals surface area contributed by atoms with E-state index in [0.717, 1.165) is 11.3 Å². The van der Waals surface area contributed by atoms with Crippen molar-refractivity contribution >= 4 is 12.0 Å². The highest BCUT2D eigenvalue weighted by Gasteiger charge is 1.94. The van der Waals surface area contributed by atoms with Crippen molar-refractivity contribution in [1.82, 2.24) is 4.98 Å². The molecule has 0 fully saturated rings. The first kappa shape index (κ1) is 9.58. The minimum Gasteiger partial charge on any atom is -0.463 e. The van der Waals surface area contributed by atoms with Crippen molar-refractivity contribution in [3.8, 4) is 0 Å². The van der Waals surface area contributed by atoms with Gasteiger partial charge in [0.05, 0.1) is 6.61 Å². The monoisotopic (exact) mass is 179 g/mol. The number of nitrogens with one attached hydrogen (secondary N) is 1. The van der Waals surface area contributed by atoms with Gasteiger partial charge >= 0.3 is 5.97 Å². The van der Waals surface area contributed by atoms with Gasteiger partial charge in [0, 0.05) is 18.0 Å². The number of aryl methyl sites for hydroxylation is 1. The molecular weight excluding hydrogens is 166 g/mol. The maximum atomic E-state index is 10.9. The van der Waals surface area contributed by atoms with Crippen LogP contribution in [-0.2, 0) is 9.53 Å². The second-order valence-electron chi connectivity index (χ2n) is 2.72. The number of esters is 1. The van der Waals surface area contributed by atoms with Gasteiger partial charge in [-0.05, 0) is 31.6 Å². The van der Waals surface area contributed by atoms with Crippen LogP contribution in [0.15, 0.2) is 18.3 Å². The second kappa shape index (κ2) is 4.50. The van der Waals surface area contributed by atoms with E-state index in [1.54, 1.807) is 13.0 Å². The molecule has 0 atom stereocenters. The Bertz CT molecular complexity index is 312. The first-order chi connectivity index (χ1) is 6.22. The molecule has 0 radical (unpaired) electrons. The van der Waals surface area contributed by atoms with Gasteiger partial charge in [0.2, 0.25) is 0 Å². The number of carbonyl (C=O) groups excluding carboxylic acids is 1. The molecule has 13 heavy (non-hydrogen) atoms. The summed E-state index contributed by atoms with van der Waals surface area (Å²) >= 11 is 0. The van der Waals surface area contributed by atoms with Gasteiger partial charge in [-0.1, -0.05) is 0 Å². The van der Waals surface area contributed by atoms with Crippen molar-refractivity contribution in [2.75, 3.05) is 6.61 Å². The predicted octanol–water partition coefficient (Wildman–Crippen LogP) is 1.90. The van der Waals surface area contributed by atoms with Gasteiger partial charge in [-0.2, -0.15) is 0 Å². The molecule has 1 aromatic rings. The number of H-pyrrole nitrogens is 1. The zero-order valence-electron chi connectivity index (χ0n) is 7.83. The van der Waals surface area contributed by atoms with E-state index in [2.05, 4.69) is 4.98 Å². The lowest BCUT2D eigenvalue weighted by Crippen LogP contribution is -1.98. The standard InChI is InChI=1S/C10H13NO2/c1-3-13-10(12)5-4-9-6-8(2)7-11-9/h4-7,11H,3H2,1-2H3/b5-4+. The van der Waals surface area contributed by atoms with E-state index in [1.807, 2.05) is 19.2 Å². The number of ether oxygens (including phenoxy) is 1. The topological polar surface area (TPSA) is 42.1 Å². The summed E-state index contributed by atoms with van der Waals surface area (Å²) < 4.78 is 4.73. The Morgan fingerprint density at radius 3 is 3.00 bits per heavy atom. The quantitative estimate of drug-likeness (QED) is 0.568. The molecule has 0 unspecified atom stereocenters. The van der Waals surface area contributed by atoms with E-state index < -0.39 is 0 Å². The largest absolute Gasteiger partial charge is 0.463 e. The molecule has 0 aromatic carbocycles. The summed E-state index contributed by atoms with van der Waals surface area (Å²) in [5, 5.41) is 0. The third-order valence-corrected chi connectivity index (χ3v) is 1.54. The summed E-state index contributed by atoms with van der Waals surface area (Å²) in [4.78, 5) is 13.9. The van der Waals surface area contributed by atoms with Crippen molar-refractivity contribution in [2.24, 2.45) is 0 Å². The minimum atomic E-state index is -0.310. The third-order valence-electron chi connectivity index (χ3n) is 1.54. The average Bonchev–Trinajstić information content (AvgIpc) is 2.49. The Morgan fingerprint density at radius 2 is 2.46 bits per heavy atom. The van der Waals surface area contributed by atoms with Crippen molar-refractivity contribution < 1.29 is 9.53 Å². The molecule has 1 N–H and O–H groups in total. The molecule has 0 aliphatic heterocycles. The minimum absolute atomic E-state index is 0.310. The fourth-order valence-electron chi connectivity index (χ4n) is 0.970. The molecule has 0 aliphatic carbocycles. The first-order valence-electron chi connectivity index (χ1n) is 4.22. The molecule has 0 saturated carbocycles. The fraction of sp³-hybridized carbons (Fsp3) is 0.300. The first-order valence-corrected chi connectivity index (χ1v) is 4.22.